The lowest BCUT2D eigenvalue weighted by atomic mass is 10.2. The van der Waals surface area contributed by atoms with Crippen LogP contribution < -0.4 is 5.32 Å². The van der Waals surface area contributed by atoms with Gasteiger partial charge in [-0.05, 0) is 12.1 Å². The molecule has 0 fully saturated rings. The average Bonchev–Trinajstić information content (AvgIpc) is 2.79. The summed E-state index contributed by atoms with van der Waals surface area (Å²) in [6.45, 7) is 0.0829. The van der Waals surface area contributed by atoms with Crippen molar-refractivity contribution < 1.29 is 13.6 Å². The maximum Gasteiger partial charge on any atom is 0.257 e. The highest BCUT2D eigenvalue weighted by molar-refractivity contribution is 5.94. The molecule has 0 aliphatic heterocycles. The fraction of sp³-hybridized carbons (Fsp3) is 0.0909. The van der Waals surface area contributed by atoms with Gasteiger partial charge in [0.15, 0.2) is 0 Å². The van der Waals surface area contributed by atoms with Crippen molar-refractivity contribution >= 4 is 5.91 Å². The van der Waals surface area contributed by atoms with Gasteiger partial charge in [0, 0.05) is 12.4 Å². The molecule has 1 heterocycles. The number of benzene rings is 1. The maximum absolute atomic E-state index is 13.2. The summed E-state index contributed by atoms with van der Waals surface area (Å²) in [6, 6.07) is 3.27. The fourth-order valence-corrected chi connectivity index (χ4v) is 1.36. The van der Waals surface area contributed by atoms with Gasteiger partial charge in [0.1, 0.15) is 23.0 Å². The Bertz CT molecular complexity index is 505. The number of carbonyl (C=O) groups is 1. The third-order valence-electron chi connectivity index (χ3n) is 2.16. The second-order valence-electron chi connectivity index (χ2n) is 3.32. The lowest BCUT2D eigenvalue weighted by Crippen LogP contribution is -2.25. The molecule has 1 amide bonds. The minimum Gasteiger partial charge on any atom is -0.347 e. The molecule has 88 valence electrons. The lowest BCUT2D eigenvalue weighted by molar-refractivity contribution is 0.0941. The van der Waals surface area contributed by atoms with Crippen LogP contribution in [0, 0.1) is 11.6 Å². The number of rotatable bonds is 3. The van der Waals surface area contributed by atoms with Gasteiger partial charge in [-0.3, -0.25) is 4.79 Å². The molecule has 0 saturated carbocycles. The Morgan fingerprint density at radius 3 is 2.65 bits per heavy atom. The summed E-state index contributed by atoms with van der Waals surface area (Å²) < 4.78 is 26.5. The van der Waals surface area contributed by atoms with Crippen LogP contribution in [0.5, 0.6) is 0 Å². The molecule has 0 aliphatic rings. The topological polar surface area (TPSA) is 57.8 Å². The molecule has 0 aliphatic carbocycles. The molecule has 1 aromatic heterocycles. The number of H-pyrrole nitrogens is 1. The Morgan fingerprint density at radius 2 is 2.06 bits per heavy atom. The second kappa shape index (κ2) is 4.73. The monoisotopic (exact) mass is 237 g/mol. The highest BCUT2D eigenvalue weighted by Crippen LogP contribution is 2.11. The van der Waals surface area contributed by atoms with Gasteiger partial charge in [0.05, 0.1) is 6.54 Å². The van der Waals surface area contributed by atoms with Crippen molar-refractivity contribution in [1.29, 1.82) is 0 Å². The summed E-state index contributed by atoms with van der Waals surface area (Å²) >= 11 is 0. The molecule has 0 saturated heterocycles. The van der Waals surface area contributed by atoms with E-state index < -0.39 is 23.1 Å². The van der Waals surface area contributed by atoms with Gasteiger partial charge < -0.3 is 10.3 Å². The van der Waals surface area contributed by atoms with Crippen molar-refractivity contribution in [1.82, 2.24) is 15.3 Å². The van der Waals surface area contributed by atoms with Crippen LogP contribution in [0.1, 0.15) is 16.2 Å². The number of aromatic amines is 1. The number of carbonyl (C=O) groups excluding carboxylic acids is 1. The number of nitrogens with zero attached hydrogens (tertiary/aromatic N) is 1. The molecule has 0 radical (unpaired) electrons. The number of aromatic nitrogens is 2. The highest BCUT2D eigenvalue weighted by atomic mass is 19.1. The van der Waals surface area contributed by atoms with Crippen molar-refractivity contribution in [3.05, 3.63) is 53.6 Å². The number of hydrogen-bond donors (Lipinski definition) is 2. The zero-order chi connectivity index (χ0) is 12.3. The number of halogens is 2. The minimum atomic E-state index is -0.887. The molecule has 1 aromatic carbocycles. The van der Waals surface area contributed by atoms with Crippen molar-refractivity contribution in [3.63, 3.8) is 0 Å². The van der Waals surface area contributed by atoms with Gasteiger partial charge in [0.2, 0.25) is 0 Å². The summed E-state index contributed by atoms with van der Waals surface area (Å²) in [5.41, 5.74) is -0.584. The van der Waals surface area contributed by atoms with Crippen LogP contribution in [0.4, 0.5) is 8.78 Å². The molecule has 0 atom stereocenters. The molecule has 2 aromatic rings. The van der Waals surface area contributed by atoms with Crippen molar-refractivity contribution in [2.24, 2.45) is 0 Å². The normalized spacial score (nSPS) is 10.2. The molecule has 0 bridgehead atoms. The van der Waals surface area contributed by atoms with Crippen molar-refractivity contribution in [2.75, 3.05) is 0 Å². The van der Waals surface area contributed by atoms with Gasteiger partial charge in [0.25, 0.3) is 5.91 Å². The third-order valence-corrected chi connectivity index (χ3v) is 2.16. The predicted molar refractivity (Wildman–Crippen MR) is 56.1 cm³/mol. The lowest BCUT2D eigenvalue weighted by Gasteiger charge is -2.05. The van der Waals surface area contributed by atoms with E-state index >= 15 is 0 Å². The van der Waals surface area contributed by atoms with E-state index in [9.17, 15) is 13.6 Å². The average molecular weight is 237 g/mol. The highest BCUT2D eigenvalue weighted by Gasteiger charge is 2.16. The van der Waals surface area contributed by atoms with Crippen LogP contribution in [0.3, 0.4) is 0 Å². The molecular weight excluding hydrogens is 228 g/mol. The van der Waals surface area contributed by atoms with Gasteiger partial charge in [-0.1, -0.05) is 6.07 Å². The summed E-state index contributed by atoms with van der Waals surface area (Å²) in [6.07, 6.45) is 3.11. The predicted octanol–water partition coefficient (Wildman–Crippen LogP) is 1.62. The first-order chi connectivity index (χ1) is 8.18. The van der Waals surface area contributed by atoms with Crippen molar-refractivity contribution in [2.45, 2.75) is 6.54 Å². The van der Waals surface area contributed by atoms with E-state index in [-0.39, 0.29) is 6.54 Å². The molecule has 2 N–H and O–H groups in total. The van der Waals surface area contributed by atoms with E-state index in [0.29, 0.717) is 5.82 Å². The Balaban J connectivity index is 2.10. The first-order valence-corrected chi connectivity index (χ1v) is 4.89. The molecule has 0 spiro atoms. The maximum atomic E-state index is 13.2. The number of nitrogens with one attached hydrogen (secondary N) is 2. The largest absolute Gasteiger partial charge is 0.347 e. The Kier molecular flexibility index (Phi) is 3.13. The Morgan fingerprint density at radius 1 is 1.35 bits per heavy atom. The fourth-order valence-electron chi connectivity index (χ4n) is 1.36. The standard InChI is InChI=1S/C11H9F2N3O/c12-7-2-1-3-8(13)10(7)11(17)16-6-9-14-4-5-15-9/h1-5H,6H2,(H,14,15)(H,16,17). The van der Waals surface area contributed by atoms with E-state index in [0.717, 1.165) is 12.1 Å². The summed E-state index contributed by atoms with van der Waals surface area (Å²) in [5, 5.41) is 2.37. The number of hydrogen-bond acceptors (Lipinski definition) is 2. The van der Waals surface area contributed by atoms with Gasteiger partial charge >= 0.3 is 0 Å². The van der Waals surface area contributed by atoms with E-state index in [1.54, 1.807) is 6.20 Å². The molecule has 0 unspecified atom stereocenters. The first-order valence-electron chi connectivity index (χ1n) is 4.89. The summed E-state index contributed by atoms with van der Waals surface area (Å²) in [4.78, 5) is 18.2. The number of amides is 1. The van der Waals surface area contributed by atoms with Crippen LogP contribution >= 0.6 is 0 Å². The van der Waals surface area contributed by atoms with E-state index in [1.807, 2.05) is 0 Å². The second-order valence-corrected chi connectivity index (χ2v) is 3.32. The molecule has 6 heteroatoms. The van der Waals surface area contributed by atoms with Gasteiger partial charge in [-0.2, -0.15) is 0 Å². The minimum absolute atomic E-state index is 0.0829. The number of imidazole rings is 1. The quantitative estimate of drug-likeness (QED) is 0.852. The van der Waals surface area contributed by atoms with Crippen molar-refractivity contribution in [3.8, 4) is 0 Å². The van der Waals surface area contributed by atoms with Crippen LogP contribution in [-0.4, -0.2) is 15.9 Å². The van der Waals surface area contributed by atoms with E-state index in [2.05, 4.69) is 15.3 Å². The van der Waals surface area contributed by atoms with Crippen LogP contribution in [0.2, 0.25) is 0 Å². The zero-order valence-electron chi connectivity index (χ0n) is 8.71. The SMILES string of the molecule is O=C(NCc1ncc[nH]1)c1c(F)cccc1F. The first kappa shape index (κ1) is 11.3. The molecule has 4 nitrogen and oxygen atoms in total. The van der Waals surface area contributed by atoms with E-state index in [4.69, 9.17) is 0 Å². The zero-order valence-corrected chi connectivity index (χ0v) is 8.71. The smallest absolute Gasteiger partial charge is 0.257 e. The Labute approximate surface area is 95.7 Å². The third kappa shape index (κ3) is 2.47. The Hall–Kier alpha value is -2.24. The van der Waals surface area contributed by atoms with E-state index in [1.165, 1.54) is 12.3 Å². The van der Waals surface area contributed by atoms with Crippen LogP contribution in [0.15, 0.2) is 30.6 Å². The molecule has 17 heavy (non-hydrogen) atoms. The van der Waals surface area contributed by atoms with Crippen LogP contribution in [0.25, 0.3) is 0 Å². The van der Waals surface area contributed by atoms with Crippen LogP contribution in [-0.2, 0) is 6.54 Å². The summed E-state index contributed by atoms with van der Waals surface area (Å²) in [5.74, 6) is -2.07. The van der Waals surface area contributed by atoms with Gasteiger partial charge in [-0.25, -0.2) is 13.8 Å². The molecular formula is C11H9F2N3O. The summed E-state index contributed by atoms with van der Waals surface area (Å²) in [7, 11) is 0. The van der Waals surface area contributed by atoms with Gasteiger partial charge in [-0.15, -0.1) is 0 Å². The molecule has 2 rings (SSSR count).